The Morgan fingerprint density at radius 1 is 1.42 bits per heavy atom. The molecule has 0 aliphatic carbocycles. The van der Waals surface area contributed by atoms with Crippen molar-refractivity contribution in [2.75, 3.05) is 25.4 Å². The Bertz CT molecular complexity index is 412. The highest BCUT2D eigenvalue weighted by molar-refractivity contribution is 5.92. The van der Waals surface area contributed by atoms with E-state index in [1.165, 1.54) is 25.5 Å². The quantitative estimate of drug-likeness (QED) is 0.857. The van der Waals surface area contributed by atoms with Gasteiger partial charge in [0.05, 0.1) is 11.9 Å². The zero-order chi connectivity index (χ0) is 13.7. The van der Waals surface area contributed by atoms with Crippen LogP contribution >= 0.6 is 0 Å². The van der Waals surface area contributed by atoms with Crippen LogP contribution in [-0.2, 0) is 0 Å². The molecule has 1 aromatic rings. The molecule has 0 aromatic carbocycles. The molecule has 5 heteroatoms. The summed E-state index contributed by atoms with van der Waals surface area (Å²) in [6.07, 6.45) is 5.36. The molecule has 1 aliphatic rings. The van der Waals surface area contributed by atoms with Gasteiger partial charge in [-0.05, 0) is 45.0 Å². The summed E-state index contributed by atoms with van der Waals surface area (Å²) in [5.74, 6) is -0.135. The smallest absolute Gasteiger partial charge is 0.270 e. The maximum absolute atomic E-state index is 12.0. The zero-order valence-corrected chi connectivity index (χ0v) is 11.4. The third kappa shape index (κ3) is 4.21. The zero-order valence-electron chi connectivity index (χ0n) is 11.4. The Kier molecular flexibility index (Phi) is 4.74. The van der Waals surface area contributed by atoms with Crippen LogP contribution < -0.4 is 11.1 Å². The van der Waals surface area contributed by atoms with Crippen molar-refractivity contribution in [3.05, 3.63) is 24.0 Å². The van der Waals surface area contributed by atoms with Gasteiger partial charge < -0.3 is 16.0 Å². The number of hydrogen-bond acceptors (Lipinski definition) is 4. The lowest BCUT2D eigenvalue weighted by atomic mass is 10.1. The summed E-state index contributed by atoms with van der Waals surface area (Å²) in [5.41, 5.74) is 6.53. The van der Waals surface area contributed by atoms with Gasteiger partial charge in [-0.2, -0.15) is 0 Å². The van der Waals surface area contributed by atoms with Gasteiger partial charge in [0, 0.05) is 12.6 Å². The summed E-state index contributed by atoms with van der Waals surface area (Å²) in [6.45, 7) is 5.21. The molecule has 2 rings (SSSR count). The summed E-state index contributed by atoms with van der Waals surface area (Å²) in [7, 11) is 0. The van der Waals surface area contributed by atoms with Gasteiger partial charge in [-0.15, -0.1) is 0 Å². The van der Waals surface area contributed by atoms with Crippen molar-refractivity contribution in [1.29, 1.82) is 0 Å². The van der Waals surface area contributed by atoms with Gasteiger partial charge in [-0.1, -0.05) is 6.42 Å². The average molecular weight is 262 g/mol. The highest BCUT2D eigenvalue weighted by atomic mass is 16.1. The third-order valence-corrected chi connectivity index (χ3v) is 3.38. The summed E-state index contributed by atoms with van der Waals surface area (Å²) in [4.78, 5) is 18.4. The fraction of sp³-hybridized carbons (Fsp3) is 0.571. The van der Waals surface area contributed by atoms with Gasteiger partial charge in [0.1, 0.15) is 5.69 Å². The highest BCUT2D eigenvalue weighted by Gasteiger charge is 2.16. The summed E-state index contributed by atoms with van der Waals surface area (Å²) in [5, 5.41) is 2.98. The minimum absolute atomic E-state index is 0.130. The van der Waals surface area contributed by atoms with Crippen LogP contribution in [0.15, 0.2) is 18.3 Å². The van der Waals surface area contributed by atoms with Gasteiger partial charge in [0.25, 0.3) is 5.91 Å². The Balaban J connectivity index is 1.82. The molecular formula is C14H22N4O. The number of carbonyl (C=O) groups excluding carboxylic acids is 1. The number of nitrogens with zero attached hydrogens (tertiary/aromatic N) is 2. The van der Waals surface area contributed by atoms with Crippen molar-refractivity contribution in [2.24, 2.45) is 0 Å². The van der Waals surface area contributed by atoms with E-state index in [2.05, 4.69) is 15.2 Å². The predicted molar refractivity (Wildman–Crippen MR) is 75.9 cm³/mol. The summed E-state index contributed by atoms with van der Waals surface area (Å²) < 4.78 is 0. The molecule has 0 radical (unpaired) electrons. The number of amides is 1. The summed E-state index contributed by atoms with van der Waals surface area (Å²) in [6, 6.07) is 3.47. The average Bonchev–Trinajstić information content (AvgIpc) is 2.40. The number of pyridine rings is 1. The molecule has 19 heavy (non-hydrogen) atoms. The molecule has 1 amide bonds. The number of likely N-dealkylation sites (tertiary alicyclic amines) is 1. The van der Waals surface area contributed by atoms with E-state index in [0.29, 0.717) is 11.4 Å². The van der Waals surface area contributed by atoms with Crippen LogP contribution in [0.3, 0.4) is 0 Å². The lowest BCUT2D eigenvalue weighted by Gasteiger charge is -2.29. The minimum Gasteiger partial charge on any atom is -0.397 e. The van der Waals surface area contributed by atoms with Gasteiger partial charge in [0.15, 0.2) is 0 Å². The fourth-order valence-corrected chi connectivity index (χ4v) is 2.41. The van der Waals surface area contributed by atoms with E-state index in [9.17, 15) is 4.79 Å². The Hall–Kier alpha value is -1.62. The second-order valence-electron chi connectivity index (χ2n) is 5.21. The predicted octanol–water partition coefficient (Wildman–Crippen LogP) is 1.27. The molecule has 0 unspecified atom stereocenters. The molecule has 1 saturated heterocycles. The van der Waals surface area contributed by atoms with Crippen LogP contribution in [0.2, 0.25) is 0 Å². The monoisotopic (exact) mass is 262 g/mol. The number of piperidine rings is 1. The van der Waals surface area contributed by atoms with Gasteiger partial charge in [0.2, 0.25) is 0 Å². The molecule has 1 fully saturated rings. The first kappa shape index (κ1) is 13.8. The van der Waals surface area contributed by atoms with Crippen molar-refractivity contribution in [3.8, 4) is 0 Å². The number of hydrogen-bond donors (Lipinski definition) is 2. The van der Waals surface area contributed by atoms with Crippen molar-refractivity contribution in [2.45, 2.75) is 32.2 Å². The molecule has 0 bridgehead atoms. The van der Waals surface area contributed by atoms with Crippen molar-refractivity contribution in [3.63, 3.8) is 0 Å². The molecule has 104 valence electrons. The second kappa shape index (κ2) is 6.52. The first-order chi connectivity index (χ1) is 9.15. The number of nitrogens with one attached hydrogen (secondary N) is 1. The van der Waals surface area contributed by atoms with Crippen molar-refractivity contribution in [1.82, 2.24) is 15.2 Å². The second-order valence-corrected chi connectivity index (χ2v) is 5.21. The Labute approximate surface area is 114 Å². The van der Waals surface area contributed by atoms with E-state index in [0.717, 1.165) is 19.6 Å². The van der Waals surface area contributed by atoms with Gasteiger partial charge in [-0.25, -0.2) is 4.98 Å². The van der Waals surface area contributed by atoms with E-state index in [4.69, 9.17) is 5.73 Å². The number of rotatable bonds is 4. The number of carbonyl (C=O) groups is 1. The molecule has 2 heterocycles. The molecular weight excluding hydrogens is 240 g/mol. The van der Waals surface area contributed by atoms with Crippen LogP contribution in [0.25, 0.3) is 0 Å². The van der Waals surface area contributed by atoms with E-state index in [1.807, 2.05) is 6.92 Å². The van der Waals surface area contributed by atoms with E-state index in [-0.39, 0.29) is 11.9 Å². The van der Waals surface area contributed by atoms with E-state index < -0.39 is 0 Å². The van der Waals surface area contributed by atoms with Crippen molar-refractivity contribution >= 4 is 11.6 Å². The number of anilines is 1. The van der Waals surface area contributed by atoms with Crippen LogP contribution in [0.4, 0.5) is 5.69 Å². The fourth-order valence-electron chi connectivity index (χ4n) is 2.41. The Morgan fingerprint density at radius 2 is 2.16 bits per heavy atom. The molecule has 1 aromatic heterocycles. The topological polar surface area (TPSA) is 71.2 Å². The maximum Gasteiger partial charge on any atom is 0.270 e. The highest BCUT2D eigenvalue weighted by Crippen LogP contribution is 2.09. The van der Waals surface area contributed by atoms with Crippen LogP contribution in [0.5, 0.6) is 0 Å². The van der Waals surface area contributed by atoms with Crippen LogP contribution in [0.1, 0.15) is 36.7 Å². The number of nitrogens with two attached hydrogens (primary N) is 1. The Morgan fingerprint density at radius 3 is 2.79 bits per heavy atom. The maximum atomic E-state index is 12.0. The van der Waals surface area contributed by atoms with Crippen LogP contribution in [-0.4, -0.2) is 41.5 Å². The minimum atomic E-state index is -0.135. The molecule has 0 saturated carbocycles. The molecule has 1 aliphatic heterocycles. The molecule has 1 atom stereocenters. The molecule has 0 spiro atoms. The summed E-state index contributed by atoms with van der Waals surface area (Å²) >= 11 is 0. The van der Waals surface area contributed by atoms with E-state index >= 15 is 0 Å². The normalized spacial score (nSPS) is 17.9. The number of aromatic nitrogens is 1. The lowest BCUT2D eigenvalue weighted by Crippen LogP contribution is -2.43. The van der Waals surface area contributed by atoms with Crippen molar-refractivity contribution < 1.29 is 4.79 Å². The van der Waals surface area contributed by atoms with Crippen LogP contribution in [0, 0.1) is 0 Å². The van der Waals surface area contributed by atoms with E-state index in [1.54, 1.807) is 12.1 Å². The molecule has 3 N–H and O–H groups in total. The number of nitrogen functional groups attached to an aromatic ring is 1. The first-order valence-corrected chi connectivity index (χ1v) is 6.90. The largest absolute Gasteiger partial charge is 0.397 e. The lowest BCUT2D eigenvalue weighted by molar-refractivity contribution is 0.0920. The first-order valence-electron chi connectivity index (χ1n) is 6.90. The van der Waals surface area contributed by atoms with Gasteiger partial charge >= 0.3 is 0 Å². The third-order valence-electron chi connectivity index (χ3n) is 3.38. The van der Waals surface area contributed by atoms with Gasteiger partial charge in [-0.3, -0.25) is 4.79 Å². The SMILES string of the molecule is C[C@H](CN1CCCCC1)NC(=O)c1ccc(N)cn1. The standard InChI is InChI=1S/C14H22N4O/c1-11(10-18-7-3-2-4-8-18)17-14(19)13-6-5-12(15)9-16-13/h5-6,9,11H,2-4,7-8,10,15H2,1H3,(H,17,19)/t11-/m1/s1. The molecule has 5 nitrogen and oxygen atoms in total.